The highest BCUT2D eigenvalue weighted by atomic mass is 16.1. The molecular formula is C10H12O. The van der Waals surface area contributed by atoms with Crippen molar-refractivity contribution in [3.8, 4) is 11.8 Å². The summed E-state index contributed by atoms with van der Waals surface area (Å²) < 4.78 is 0. The summed E-state index contributed by atoms with van der Waals surface area (Å²) in [5.41, 5.74) is -0.0529. The Balaban J connectivity index is 2.81. The van der Waals surface area contributed by atoms with Crippen molar-refractivity contribution in [2.75, 3.05) is 0 Å². The minimum absolute atomic E-state index is 0.0529. The lowest BCUT2D eigenvalue weighted by Crippen LogP contribution is -2.17. The van der Waals surface area contributed by atoms with E-state index in [1.807, 2.05) is 13.0 Å². The molecule has 0 saturated carbocycles. The number of carbonyl (C=O) groups is 1. The highest BCUT2D eigenvalue weighted by molar-refractivity contribution is 5.90. The van der Waals surface area contributed by atoms with Crippen LogP contribution in [-0.2, 0) is 4.79 Å². The Morgan fingerprint density at radius 3 is 2.82 bits per heavy atom. The molecule has 0 aromatic carbocycles. The third-order valence-corrected chi connectivity index (χ3v) is 1.94. The van der Waals surface area contributed by atoms with Crippen LogP contribution in [0.4, 0.5) is 0 Å². The molecule has 0 aromatic rings. The Morgan fingerprint density at radius 1 is 1.64 bits per heavy atom. The average molecular weight is 148 g/mol. The van der Waals surface area contributed by atoms with Gasteiger partial charge in [-0.3, -0.25) is 4.79 Å². The van der Waals surface area contributed by atoms with Gasteiger partial charge in [0.25, 0.3) is 0 Å². The van der Waals surface area contributed by atoms with Crippen LogP contribution in [0.3, 0.4) is 0 Å². The molecule has 0 spiro atoms. The van der Waals surface area contributed by atoms with Gasteiger partial charge in [-0.2, -0.15) is 0 Å². The van der Waals surface area contributed by atoms with Crippen LogP contribution in [0.1, 0.15) is 26.7 Å². The van der Waals surface area contributed by atoms with Gasteiger partial charge in [-0.05, 0) is 26.3 Å². The van der Waals surface area contributed by atoms with Gasteiger partial charge in [0.1, 0.15) is 0 Å². The molecule has 58 valence electrons. The first kappa shape index (κ1) is 8.07. The Morgan fingerprint density at radius 2 is 2.36 bits per heavy atom. The molecule has 1 heteroatoms. The fraction of sp³-hybridized carbons (Fsp3) is 0.500. The zero-order valence-electron chi connectivity index (χ0n) is 6.98. The van der Waals surface area contributed by atoms with E-state index in [0.717, 1.165) is 6.42 Å². The van der Waals surface area contributed by atoms with Crippen molar-refractivity contribution in [1.29, 1.82) is 0 Å². The minimum Gasteiger partial charge on any atom is -0.295 e. The monoisotopic (exact) mass is 148 g/mol. The molecule has 0 amide bonds. The molecule has 1 nitrogen and oxygen atoms in total. The fourth-order valence-corrected chi connectivity index (χ4v) is 1.22. The van der Waals surface area contributed by atoms with Crippen LogP contribution in [0.15, 0.2) is 12.2 Å². The molecule has 1 aliphatic rings. The number of allylic oxidation sites excluding steroid dienone is 2. The highest BCUT2D eigenvalue weighted by Gasteiger charge is 2.22. The smallest absolute Gasteiger partial charge is 0.155 e. The van der Waals surface area contributed by atoms with E-state index in [1.54, 1.807) is 6.08 Å². The van der Waals surface area contributed by atoms with Gasteiger partial charge in [0.2, 0.25) is 0 Å². The molecular weight excluding hydrogens is 136 g/mol. The normalized spacial score (nSPS) is 29.5. The van der Waals surface area contributed by atoms with Crippen LogP contribution < -0.4 is 0 Å². The van der Waals surface area contributed by atoms with Crippen molar-refractivity contribution in [1.82, 2.24) is 0 Å². The van der Waals surface area contributed by atoms with Crippen LogP contribution in [0, 0.1) is 17.3 Å². The van der Waals surface area contributed by atoms with Crippen LogP contribution in [0.25, 0.3) is 0 Å². The molecule has 0 saturated heterocycles. The quantitative estimate of drug-likeness (QED) is 0.480. The Bertz CT molecular complexity index is 252. The third kappa shape index (κ3) is 1.94. The summed E-state index contributed by atoms with van der Waals surface area (Å²) in [5.74, 6) is 6.20. The molecule has 1 rings (SSSR count). The number of ketones is 1. The average Bonchev–Trinajstić information content (AvgIpc) is 1.97. The Kier molecular flexibility index (Phi) is 2.14. The lowest BCUT2D eigenvalue weighted by molar-refractivity contribution is -0.115. The minimum atomic E-state index is -0.0529. The first-order valence-corrected chi connectivity index (χ1v) is 3.82. The molecule has 0 N–H and O–H groups in total. The SMILES string of the molecule is CC#CC1(C)C=CC(=O)CC1. The maximum absolute atomic E-state index is 10.8. The maximum Gasteiger partial charge on any atom is 0.155 e. The molecule has 0 aromatic heterocycles. The predicted octanol–water partition coefficient (Wildman–Crippen LogP) is 1.94. The van der Waals surface area contributed by atoms with Gasteiger partial charge in [-0.15, -0.1) is 5.92 Å². The van der Waals surface area contributed by atoms with Gasteiger partial charge >= 0.3 is 0 Å². The van der Waals surface area contributed by atoms with E-state index in [9.17, 15) is 4.79 Å². The van der Waals surface area contributed by atoms with Gasteiger partial charge in [-0.1, -0.05) is 12.0 Å². The lowest BCUT2D eigenvalue weighted by atomic mass is 9.81. The van der Waals surface area contributed by atoms with Gasteiger partial charge in [0.05, 0.1) is 0 Å². The molecule has 11 heavy (non-hydrogen) atoms. The fourth-order valence-electron chi connectivity index (χ4n) is 1.22. The van der Waals surface area contributed by atoms with Crippen LogP contribution in [0.2, 0.25) is 0 Å². The summed E-state index contributed by atoms with van der Waals surface area (Å²) in [6.07, 6.45) is 5.06. The summed E-state index contributed by atoms with van der Waals surface area (Å²) in [6, 6.07) is 0. The predicted molar refractivity (Wildman–Crippen MR) is 44.9 cm³/mol. The Hall–Kier alpha value is -1.03. The lowest BCUT2D eigenvalue weighted by Gasteiger charge is -2.21. The van der Waals surface area contributed by atoms with E-state index >= 15 is 0 Å². The summed E-state index contributed by atoms with van der Waals surface area (Å²) in [6.45, 7) is 3.89. The number of hydrogen-bond acceptors (Lipinski definition) is 1. The number of hydrogen-bond donors (Lipinski definition) is 0. The molecule has 1 aliphatic carbocycles. The van der Waals surface area contributed by atoms with E-state index in [4.69, 9.17) is 0 Å². The topological polar surface area (TPSA) is 17.1 Å². The first-order valence-electron chi connectivity index (χ1n) is 3.82. The summed E-state index contributed by atoms with van der Waals surface area (Å²) in [5, 5.41) is 0. The van der Waals surface area contributed by atoms with E-state index in [2.05, 4.69) is 18.8 Å². The maximum atomic E-state index is 10.8. The molecule has 0 radical (unpaired) electrons. The van der Waals surface area contributed by atoms with Crippen LogP contribution in [0.5, 0.6) is 0 Å². The summed E-state index contributed by atoms with van der Waals surface area (Å²) >= 11 is 0. The molecule has 0 heterocycles. The van der Waals surface area contributed by atoms with Crippen molar-refractivity contribution in [2.45, 2.75) is 26.7 Å². The molecule has 0 bridgehead atoms. The van der Waals surface area contributed by atoms with E-state index in [0.29, 0.717) is 6.42 Å². The summed E-state index contributed by atoms with van der Waals surface area (Å²) in [4.78, 5) is 10.8. The molecule has 1 unspecified atom stereocenters. The molecule has 1 atom stereocenters. The van der Waals surface area contributed by atoms with Crippen molar-refractivity contribution >= 4 is 5.78 Å². The van der Waals surface area contributed by atoms with Crippen molar-refractivity contribution in [3.05, 3.63) is 12.2 Å². The zero-order valence-corrected chi connectivity index (χ0v) is 6.98. The third-order valence-electron chi connectivity index (χ3n) is 1.94. The number of rotatable bonds is 0. The second-order valence-corrected chi connectivity index (χ2v) is 3.09. The van der Waals surface area contributed by atoms with Gasteiger partial charge in [-0.25, -0.2) is 0 Å². The van der Waals surface area contributed by atoms with Gasteiger partial charge in [0, 0.05) is 11.8 Å². The number of carbonyl (C=O) groups excluding carboxylic acids is 1. The van der Waals surface area contributed by atoms with E-state index in [-0.39, 0.29) is 11.2 Å². The van der Waals surface area contributed by atoms with E-state index in [1.165, 1.54) is 0 Å². The zero-order chi connectivity index (χ0) is 8.32. The molecule has 0 fully saturated rings. The van der Waals surface area contributed by atoms with E-state index < -0.39 is 0 Å². The first-order chi connectivity index (χ1) is 5.16. The van der Waals surface area contributed by atoms with Crippen molar-refractivity contribution in [2.24, 2.45) is 5.41 Å². The second kappa shape index (κ2) is 2.92. The standard InChI is InChI=1S/C10H12O/c1-3-6-10(2)7-4-9(11)5-8-10/h4,7H,5,8H2,1-2H3. The van der Waals surface area contributed by atoms with Crippen molar-refractivity contribution < 1.29 is 4.79 Å². The van der Waals surface area contributed by atoms with Gasteiger partial charge in [0.15, 0.2) is 5.78 Å². The van der Waals surface area contributed by atoms with Crippen molar-refractivity contribution in [3.63, 3.8) is 0 Å². The van der Waals surface area contributed by atoms with Crippen LogP contribution >= 0.6 is 0 Å². The summed E-state index contributed by atoms with van der Waals surface area (Å²) in [7, 11) is 0. The Labute approximate surface area is 67.5 Å². The highest BCUT2D eigenvalue weighted by Crippen LogP contribution is 2.27. The second-order valence-electron chi connectivity index (χ2n) is 3.09. The van der Waals surface area contributed by atoms with Gasteiger partial charge < -0.3 is 0 Å². The van der Waals surface area contributed by atoms with Crippen LogP contribution in [-0.4, -0.2) is 5.78 Å². The molecule has 0 aliphatic heterocycles. The largest absolute Gasteiger partial charge is 0.295 e.